The van der Waals surface area contributed by atoms with Crippen molar-refractivity contribution < 1.29 is 9.90 Å². The molecule has 0 radical (unpaired) electrons. The Balaban J connectivity index is 1.72. The van der Waals surface area contributed by atoms with E-state index in [1.54, 1.807) is 0 Å². The van der Waals surface area contributed by atoms with Crippen molar-refractivity contribution in [1.29, 1.82) is 0 Å². The van der Waals surface area contributed by atoms with Crippen LogP contribution in [0.15, 0.2) is 12.2 Å². The monoisotopic (exact) mass is 266 g/mol. The number of carbonyl (C=O) groups excluding carboxylic acids is 1. The average Bonchev–Trinajstić information content (AvgIpc) is 2.63. The van der Waals surface area contributed by atoms with Gasteiger partial charge >= 0.3 is 6.03 Å². The van der Waals surface area contributed by atoms with Crippen LogP contribution in [0.5, 0.6) is 0 Å². The first kappa shape index (κ1) is 14.4. The van der Waals surface area contributed by atoms with Gasteiger partial charge in [-0.1, -0.05) is 37.8 Å². The van der Waals surface area contributed by atoms with Crippen molar-refractivity contribution in [1.82, 2.24) is 10.6 Å². The van der Waals surface area contributed by atoms with Crippen molar-refractivity contribution in [3.8, 4) is 0 Å². The van der Waals surface area contributed by atoms with Gasteiger partial charge in [-0.2, -0.15) is 0 Å². The lowest BCUT2D eigenvalue weighted by Gasteiger charge is -2.27. The van der Waals surface area contributed by atoms with E-state index >= 15 is 0 Å². The van der Waals surface area contributed by atoms with Gasteiger partial charge in [0.25, 0.3) is 0 Å². The van der Waals surface area contributed by atoms with Gasteiger partial charge in [0, 0.05) is 12.6 Å². The molecular weight excluding hydrogens is 240 g/mol. The fourth-order valence-corrected chi connectivity index (χ4v) is 2.96. The molecule has 2 aliphatic rings. The Morgan fingerprint density at radius 2 is 1.95 bits per heavy atom. The Labute approximate surface area is 115 Å². The summed E-state index contributed by atoms with van der Waals surface area (Å²) in [5.74, 6) is 0. The smallest absolute Gasteiger partial charge is 0.315 e. The molecule has 3 N–H and O–H groups in total. The third kappa shape index (κ3) is 4.86. The van der Waals surface area contributed by atoms with Gasteiger partial charge in [0.15, 0.2) is 0 Å². The Morgan fingerprint density at radius 3 is 2.58 bits per heavy atom. The number of allylic oxidation sites excluding steroid dienone is 1. The van der Waals surface area contributed by atoms with Crippen LogP contribution in [0.4, 0.5) is 4.79 Å². The fourth-order valence-electron chi connectivity index (χ4n) is 2.96. The van der Waals surface area contributed by atoms with Crippen molar-refractivity contribution in [2.45, 2.75) is 69.4 Å². The van der Waals surface area contributed by atoms with Gasteiger partial charge in [0.05, 0.1) is 5.60 Å². The van der Waals surface area contributed by atoms with Gasteiger partial charge in [-0.25, -0.2) is 4.79 Å². The summed E-state index contributed by atoms with van der Waals surface area (Å²) in [6, 6.07) is -0.00764. The Bertz CT molecular complexity index is 320. The molecule has 1 saturated carbocycles. The first-order valence-electron chi connectivity index (χ1n) is 7.61. The van der Waals surface area contributed by atoms with Crippen LogP contribution < -0.4 is 10.6 Å². The molecular formula is C15H26N2O2. The number of nitrogens with one attached hydrogen (secondary N) is 2. The summed E-state index contributed by atoms with van der Waals surface area (Å²) in [5.41, 5.74) is -0.698. The maximum Gasteiger partial charge on any atom is 0.315 e. The minimum atomic E-state index is -0.698. The zero-order chi connectivity index (χ0) is 13.6. The number of urea groups is 1. The van der Waals surface area contributed by atoms with Crippen LogP contribution in [-0.4, -0.2) is 29.3 Å². The SMILES string of the molecule is O=C(NCC1(O)CCCCCC1)NC1C=CCCC1. The second-order valence-corrected chi connectivity index (χ2v) is 5.93. The van der Waals surface area contributed by atoms with Gasteiger partial charge in [0.1, 0.15) is 0 Å². The van der Waals surface area contributed by atoms with Crippen LogP contribution in [0.2, 0.25) is 0 Å². The van der Waals surface area contributed by atoms with Crippen LogP contribution in [0.25, 0.3) is 0 Å². The average molecular weight is 266 g/mol. The second kappa shape index (κ2) is 6.94. The largest absolute Gasteiger partial charge is 0.388 e. The van der Waals surface area contributed by atoms with Crippen LogP contribution >= 0.6 is 0 Å². The number of amides is 2. The highest BCUT2D eigenvalue weighted by Crippen LogP contribution is 2.26. The van der Waals surface area contributed by atoms with E-state index in [0.29, 0.717) is 6.54 Å². The standard InChI is InChI=1S/C15H26N2O2/c18-14(17-13-8-4-3-5-9-13)16-12-15(19)10-6-1-2-7-11-15/h4,8,13,19H,1-3,5-7,9-12H2,(H2,16,17,18). The Hall–Kier alpha value is -1.03. The van der Waals surface area contributed by atoms with Crippen molar-refractivity contribution in [2.75, 3.05) is 6.54 Å². The summed E-state index contributed by atoms with van der Waals surface area (Å²) in [7, 11) is 0. The minimum Gasteiger partial charge on any atom is -0.388 e. The van der Waals surface area contributed by atoms with Crippen molar-refractivity contribution in [2.24, 2.45) is 0 Å². The van der Waals surface area contributed by atoms with E-state index in [1.165, 1.54) is 12.8 Å². The molecule has 2 amide bonds. The molecule has 0 heterocycles. The highest BCUT2D eigenvalue weighted by atomic mass is 16.3. The predicted octanol–water partition coefficient (Wildman–Crippen LogP) is 2.48. The van der Waals surface area contributed by atoms with E-state index in [4.69, 9.17) is 0 Å². The summed E-state index contributed by atoms with van der Waals surface area (Å²) in [4.78, 5) is 11.8. The first-order valence-corrected chi connectivity index (χ1v) is 7.61. The number of rotatable bonds is 3. The Morgan fingerprint density at radius 1 is 1.21 bits per heavy atom. The molecule has 19 heavy (non-hydrogen) atoms. The molecule has 0 aliphatic heterocycles. The van der Waals surface area contributed by atoms with Gasteiger partial charge < -0.3 is 15.7 Å². The van der Waals surface area contributed by atoms with Crippen LogP contribution in [0.1, 0.15) is 57.8 Å². The molecule has 0 saturated heterocycles. The highest BCUT2D eigenvalue weighted by molar-refractivity contribution is 5.74. The van der Waals surface area contributed by atoms with E-state index in [1.807, 2.05) is 0 Å². The molecule has 4 heteroatoms. The molecule has 1 atom stereocenters. The fraction of sp³-hybridized carbons (Fsp3) is 0.800. The van der Waals surface area contributed by atoms with E-state index in [-0.39, 0.29) is 12.1 Å². The molecule has 0 aromatic rings. The maximum absolute atomic E-state index is 11.8. The number of carbonyl (C=O) groups is 1. The maximum atomic E-state index is 11.8. The summed E-state index contributed by atoms with van der Waals surface area (Å²) < 4.78 is 0. The molecule has 0 bridgehead atoms. The molecule has 0 spiro atoms. The molecule has 0 aromatic carbocycles. The van der Waals surface area contributed by atoms with Crippen LogP contribution in [0, 0.1) is 0 Å². The third-order valence-electron chi connectivity index (χ3n) is 4.18. The zero-order valence-electron chi connectivity index (χ0n) is 11.7. The Kier molecular flexibility index (Phi) is 5.25. The molecule has 2 rings (SSSR count). The van der Waals surface area contributed by atoms with Crippen molar-refractivity contribution in [3.05, 3.63) is 12.2 Å². The van der Waals surface area contributed by atoms with Gasteiger partial charge in [-0.15, -0.1) is 0 Å². The van der Waals surface area contributed by atoms with Crippen molar-refractivity contribution >= 4 is 6.03 Å². The lowest BCUT2D eigenvalue weighted by atomic mass is 9.94. The van der Waals surface area contributed by atoms with Crippen LogP contribution in [-0.2, 0) is 0 Å². The molecule has 1 unspecified atom stereocenters. The van der Waals surface area contributed by atoms with Gasteiger partial charge in [0.2, 0.25) is 0 Å². The van der Waals surface area contributed by atoms with E-state index in [9.17, 15) is 9.90 Å². The number of hydrogen-bond acceptors (Lipinski definition) is 2. The van der Waals surface area contributed by atoms with Gasteiger partial charge in [-0.05, 0) is 32.1 Å². The summed E-state index contributed by atoms with van der Waals surface area (Å²) in [6.07, 6.45) is 13.5. The number of hydrogen-bond donors (Lipinski definition) is 3. The minimum absolute atomic E-state index is 0.150. The summed E-state index contributed by atoms with van der Waals surface area (Å²) in [5, 5.41) is 16.2. The van der Waals surface area contributed by atoms with E-state index < -0.39 is 5.60 Å². The molecule has 108 valence electrons. The second-order valence-electron chi connectivity index (χ2n) is 5.93. The first-order chi connectivity index (χ1) is 9.18. The lowest BCUT2D eigenvalue weighted by molar-refractivity contribution is 0.0276. The molecule has 1 fully saturated rings. The normalized spacial score (nSPS) is 26.5. The summed E-state index contributed by atoms with van der Waals surface area (Å²) >= 11 is 0. The predicted molar refractivity (Wildman–Crippen MR) is 76.0 cm³/mol. The highest BCUT2D eigenvalue weighted by Gasteiger charge is 2.28. The number of aliphatic hydroxyl groups is 1. The third-order valence-corrected chi connectivity index (χ3v) is 4.18. The van der Waals surface area contributed by atoms with E-state index in [0.717, 1.165) is 44.9 Å². The van der Waals surface area contributed by atoms with Crippen molar-refractivity contribution in [3.63, 3.8) is 0 Å². The quantitative estimate of drug-likeness (QED) is 0.543. The van der Waals surface area contributed by atoms with E-state index in [2.05, 4.69) is 22.8 Å². The summed E-state index contributed by atoms with van der Waals surface area (Å²) in [6.45, 7) is 0.370. The molecule has 2 aliphatic carbocycles. The topological polar surface area (TPSA) is 61.4 Å². The molecule has 0 aromatic heterocycles. The van der Waals surface area contributed by atoms with Crippen LogP contribution in [0.3, 0.4) is 0 Å². The zero-order valence-corrected chi connectivity index (χ0v) is 11.7. The molecule has 4 nitrogen and oxygen atoms in total. The van der Waals surface area contributed by atoms with Gasteiger partial charge in [-0.3, -0.25) is 0 Å². The lowest BCUT2D eigenvalue weighted by Crippen LogP contribution is -2.48.